The minimum atomic E-state index is -1.11. The van der Waals surface area contributed by atoms with E-state index in [1.165, 1.54) is 22.9 Å². The van der Waals surface area contributed by atoms with Crippen LogP contribution < -0.4 is 4.90 Å². The molecule has 1 unspecified atom stereocenters. The van der Waals surface area contributed by atoms with Gasteiger partial charge >= 0.3 is 0 Å². The normalized spacial score (nSPS) is 22.0. The zero-order valence-corrected chi connectivity index (χ0v) is 15.9. The number of carbonyl (C=O) groups excluding carboxylic acids is 2. The van der Waals surface area contributed by atoms with Crippen LogP contribution in [0.1, 0.15) is 25.0 Å². The van der Waals surface area contributed by atoms with Crippen molar-refractivity contribution in [3.05, 3.63) is 59.7 Å². The second kappa shape index (κ2) is 6.47. The maximum Gasteiger partial charge on any atom is 0.252 e. The third-order valence-electron chi connectivity index (χ3n) is 5.27. The molecule has 0 bridgehead atoms. The first-order valence-corrected chi connectivity index (χ1v) is 9.82. The average molecular weight is 366 g/mol. The second-order valence-corrected chi connectivity index (χ2v) is 8.36. The molecule has 0 aromatic heterocycles. The third kappa shape index (κ3) is 2.62. The Bertz CT molecular complexity index is 882. The van der Waals surface area contributed by atoms with Crippen LogP contribution in [0.25, 0.3) is 0 Å². The summed E-state index contributed by atoms with van der Waals surface area (Å²) in [6.45, 7) is 5.52. The zero-order chi connectivity index (χ0) is 18.3. The Hall–Kier alpha value is -2.27. The fourth-order valence-electron chi connectivity index (χ4n) is 3.82. The molecule has 0 N–H and O–H groups in total. The van der Waals surface area contributed by atoms with Crippen LogP contribution in [-0.2, 0) is 22.6 Å². The van der Waals surface area contributed by atoms with E-state index in [0.717, 1.165) is 17.0 Å². The van der Waals surface area contributed by atoms with Crippen LogP contribution in [0.15, 0.2) is 53.4 Å². The van der Waals surface area contributed by atoms with Crippen molar-refractivity contribution in [3.8, 4) is 0 Å². The Morgan fingerprint density at radius 1 is 1.12 bits per heavy atom. The fraction of sp³-hybridized carbons (Fsp3) is 0.333. The number of thioether (sulfide) groups is 1. The first-order valence-electron chi connectivity index (χ1n) is 9.00. The summed E-state index contributed by atoms with van der Waals surface area (Å²) in [5, 5.41) is 0. The van der Waals surface area contributed by atoms with Gasteiger partial charge in [-0.25, -0.2) is 0 Å². The Balaban J connectivity index is 1.66. The number of para-hydroxylation sites is 1. The van der Waals surface area contributed by atoms with Crippen LogP contribution >= 0.6 is 11.8 Å². The van der Waals surface area contributed by atoms with Gasteiger partial charge in [-0.15, -0.1) is 0 Å². The molecule has 2 amide bonds. The summed E-state index contributed by atoms with van der Waals surface area (Å²) in [4.78, 5) is 31.2. The highest BCUT2D eigenvalue weighted by atomic mass is 32.2. The van der Waals surface area contributed by atoms with Gasteiger partial charge in [0.05, 0.1) is 5.69 Å². The molecule has 26 heavy (non-hydrogen) atoms. The number of amides is 2. The molecule has 2 aliphatic rings. The van der Waals surface area contributed by atoms with Gasteiger partial charge in [0.2, 0.25) is 5.91 Å². The topological polar surface area (TPSA) is 40.6 Å². The molecule has 0 saturated heterocycles. The Labute approximate surface area is 158 Å². The van der Waals surface area contributed by atoms with Gasteiger partial charge < -0.3 is 9.80 Å². The van der Waals surface area contributed by atoms with E-state index in [1.807, 2.05) is 48.2 Å². The smallest absolute Gasteiger partial charge is 0.252 e. The molecule has 0 spiro atoms. The summed E-state index contributed by atoms with van der Waals surface area (Å²) in [7, 11) is 0. The molecule has 4 nitrogen and oxygen atoms in total. The molecule has 5 heteroatoms. The quantitative estimate of drug-likeness (QED) is 0.764. The number of hydrogen-bond donors (Lipinski definition) is 0. The third-order valence-corrected chi connectivity index (χ3v) is 6.59. The number of hydrogen-bond acceptors (Lipinski definition) is 3. The monoisotopic (exact) mass is 366 g/mol. The number of carbonyl (C=O) groups is 2. The first kappa shape index (κ1) is 17.2. The van der Waals surface area contributed by atoms with Crippen molar-refractivity contribution in [2.75, 3.05) is 18.0 Å². The van der Waals surface area contributed by atoms with Crippen molar-refractivity contribution in [2.24, 2.45) is 0 Å². The lowest BCUT2D eigenvalue weighted by Crippen LogP contribution is -2.57. The minimum Gasteiger partial charge on any atom is -0.336 e. The van der Waals surface area contributed by atoms with Crippen molar-refractivity contribution >= 4 is 29.3 Å². The molecular weight excluding hydrogens is 344 g/mol. The molecular formula is C21H22N2O2S. The number of benzene rings is 2. The summed E-state index contributed by atoms with van der Waals surface area (Å²) in [5.74, 6) is -0.206. The van der Waals surface area contributed by atoms with Crippen molar-refractivity contribution in [1.29, 1.82) is 0 Å². The number of nitrogens with zero attached hydrogens (tertiary/aromatic N) is 2. The number of rotatable bonds is 2. The molecule has 1 atom stereocenters. The molecule has 0 radical (unpaired) electrons. The van der Waals surface area contributed by atoms with E-state index < -0.39 is 4.75 Å². The van der Waals surface area contributed by atoms with Crippen molar-refractivity contribution in [2.45, 2.75) is 36.5 Å². The lowest BCUT2D eigenvalue weighted by Gasteiger charge is -2.41. The molecule has 134 valence electrons. The average Bonchev–Trinajstić information content (AvgIpc) is 2.68. The molecule has 2 aromatic rings. The van der Waals surface area contributed by atoms with Gasteiger partial charge in [-0.1, -0.05) is 48.2 Å². The predicted molar refractivity (Wildman–Crippen MR) is 104 cm³/mol. The van der Waals surface area contributed by atoms with Gasteiger partial charge in [0.25, 0.3) is 5.91 Å². The first-order chi connectivity index (χ1) is 12.5. The van der Waals surface area contributed by atoms with Crippen LogP contribution in [0, 0.1) is 0 Å². The van der Waals surface area contributed by atoms with E-state index in [2.05, 4.69) is 12.1 Å². The molecule has 2 heterocycles. The molecule has 0 fully saturated rings. The van der Waals surface area contributed by atoms with E-state index >= 15 is 0 Å². The largest absolute Gasteiger partial charge is 0.336 e. The molecule has 2 aliphatic heterocycles. The summed E-state index contributed by atoms with van der Waals surface area (Å²) in [6.07, 6.45) is 0.838. The standard InChI is InChI=1S/C21H22N2O2S/c1-3-23-17-10-6-7-11-18(17)26-21(2,20(23)25)19(24)22-13-12-15-8-4-5-9-16(15)14-22/h4-11H,3,12-14H2,1-2H3. The molecule has 0 saturated carbocycles. The van der Waals surface area contributed by atoms with Gasteiger partial charge in [0, 0.05) is 24.5 Å². The van der Waals surface area contributed by atoms with Crippen LogP contribution in [-0.4, -0.2) is 34.6 Å². The summed E-state index contributed by atoms with van der Waals surface area (Å²) in [6, 6.07) is 16.1. The molecule has 2 aromatic carbocycles. The van der Waals surface area contributed by atoms with Gasteiger partial charge in [0.15, 0.2) is 4.75 Å². The minimum absolute atomic E-state index is 0.0880. The number of anilines is 1. The highest BCUT2D eigenvalue weighted by Crippen LogP contribution is 2.46. The van der Waals surface area contributed by atoms with Gasteiger partial charge in [-0.2, -0.15) is 0 Å². The fourth-order valence-corrected chi connectivity index (χ4v) is 5.10. The zero-order valence-electron chi connectivity index (χ0n) is 15.1. The van der Waals surface area contributed by atoms with Crippen LogP contribution in [0.2, 0.25) is 0 Å². The van der Waals surface area contributed by atoms with E-state index in [0.29, 0.717) is 19.6 Å². The van der Waals surface area contributed by atoms with E-state index in [1.54, 1.807) is 11.8 Å². The van der Waals surface area contributed by atoms with Crippen molar-refractivity contribution in [3.63, 3.8) is 0 Å². The van der Waals surface area contributed by atoms with E-state index in [-0.39, 0.29) is 11.8 Å². The van der Waals surface area contributed by atoms with Gasteiger partial charge in [0.1, 0.15) is 0 Å². The van der Waals surface area contributed by atoms with Crippen molar-refractivity contribution in [1.82, 2.24) is 4.90 Å². The molecule has 0 aliphatic carbocycles. The Morgan fingerprint density at radius 2 is 1.81 bits per heavy atom. The maximum absolute atomic E-state index is 13.4. The highest BCUT2D eigenvalue weighted by molar-refractivity contribution is 8.02. The predicted octanol–water partition coefficient (Wildman–Crippen LogP) is 3.49. The van der Waals surface area contributed by atoms with E-state index in [4.69, 9.17) is 0 Å². The van der Waals surface area contributed by atoms with Gasteiger partial charge in [-0.3, -0.25) is 9.59 Å². The Morgan fingerprint density at radius 3 is 2.58 bits per heavy atom. The SMILES string of the molecule is CCN1C(=O)C(C)(C(=O)N2CCc3ccccc3C2)Sc2ccccc21. The summed E-state index contributed by atoms with van der Waals surface area (Å²) in [5.41, 5.74) is 3.38. The van der Waals surface area contributed by atoms with E-state index in [9.17, 15) is 9.59 Å². The summed E-state index contributed by atoms with van der Waals surface area (Å²) >= 11 is 1.39. The van der Waals surface area contributed by atoms with Crippen LogP contribution in [0.5, 0.6) is 0 Å². The second-order valence-electron chi connectivity index (χ2n) is 6.90. The van der Waals surface area contributed by atoms with Crippen LogP contribution in [0.4, 0.5) is 5.69 Å². The maximum atomic E-state index is 13.4. The lowest BCUT2D eigenvalue weighted by molar-refractivity contribution is -0.139. The number of fused-ring (bicyclic) bond motifs is 2. The Kier molecular flexibility index (Phi) is 4.27. The van der Waals surface area contributed by atoms with Gasteiger partial charge in [-0.05, 0) is 43.5 Å². The van der Waals surface area contributed by atoms with Crippen molar-refractivity contribution < 1.29 is 9.59 Å². The molecule has 4 rings (SSSR count). The van der Waals surface area contributed by atoms with Crippen LogP contribution in [0.3, 0.4) is 0 Å². The summed E-state index contributed by atoms with van der Waals surface area (Å²) < 4.78 is -1.11. The lowest BCUT2D eigenvalue weighted by atomic mass is 9.98. The highest BCUT2D eigenvalue weighted by Gasteiger charge is 2.50.